The molecule has 1 atom stereocenters. The molecule has 8 heteroatoms. The molecule has 2 aromatic carbocycles. The van der Waals surface area contributed by atoms with Gasteiger partial charge in [-0.3, -0.25) is 9.13 Å². The van der Waals surface area contributed by atoms with Crippen LogP contribution < -0.4 is 0 Å². The maximum Gasteiger partial charge on any atom is 0.335 e. The Morgan fingerprint density at radius 3 is 2.11 bits per heavy atom. The third-order valence-corrected chi connectivity index (χ3v) is 7.93. The van der Waals surface area contributed by atoms with Crippen molar-refractivity contribution in [2.24, 2.45) is 5.92 Å². The van der Waals surface area contributed by atoms with Crippen LogP contribution in [0.4, 0.5) is 0 Å². The van der Waals surface area contributed by atoms with E-state index in [9.17, 15) is 9.13 Å². The van der Waals surface area contributed by atoms with Crippen molar-refractivity contribution < 1.29 is 27.2 Å². The second-order valence-electron chi connectivity index (χ2n) is 6.45. The molecule has 1 aliphatic heterocycles. The Labute approximate surface area is 159 Å². The molecule has 0 spiro atoms. The molecule has 0 N–H and O–H groups in total. The predicted octanol–water partition coefficient (Wildman–Crippen LogP) is 5.10. The lowest BCUT2D eigenvalue weighted by Crippen LogP contribution is -2.25. The van der Waals surface area contributed by atoms with E-state index in [2.05, 4.69) is 0 Å². The molecule has 0 bridgehead atoms. The van der Waals surface area contributed by atoms with E-state index in [1.165, 1.54) is 7.11 Å². The summed E-state index contributed by atoms with van der Waals surface area (Å²) in [5.41, 5.74) is 1.79. The maximum atomic E-state index is 12.8. The molecule has 6 nitrogen and oxygen atoms in total. The number of hydrogen-bond donors (Lipinski definition) is 0. The van der Waals surface area contributed by atoms with E-state index in [-0.39, 0.29) is 38.1 Å². The van der Waals surface area contributed by atoms with E-state index in [4.69, 9.17) is 18.1 Å². The van der Waals surface area contributed by atoms with E-state index >= 15 is 0 Å². The summed E-state index contributed by atoms with van der Waals surface area (Å²) in [6.45, 7) is 0.627. The van der Waals surface area contributed by atoms with Crippen LogP contribution in [0.5, 0.6) is 0 Å². The van der Waals surface area contributed by atoms with Crippen LogP contribution in [-0.4, -0.2) is 26.9 Å². The van der Waals surface area contributed by atoms with Crippen LogP contribution in [0.3, 0.4) is 0 Å². The van der Waals surface area contributed by atoms with Crippen molar-refractivity contribution in [3.8, 4) is 0 Å². The van der Waals surface area contributed by atoms with Gasteiger partial charge in [0, 0.05) is 13.0 Å². The molecule has 3 rings (SSSR count). The summed E-state index contributed by atoms with van der Waals surface area (Å²) in [7, 11) is -5.03. The van der Waals surface area contributed by atoms with Crippen molar-refractivity contribution in [2.75, 3.05) is 26.9 Å². The molecule has 2 aromatic rings. The summed E-state index contributed by atoms with van der Waals surface area (Å²) in [5, 5.41) is 0. The lowest BCUT2D eigenvalue weighted by atomic mass is 10.2. The minimum atomic E-state index is -3.26. The summed E-state index contributed by atoms with van der Waals surface area (Å²) in [4.78, 5) is 0. The zero-order valence-corrected chi connectivity index (χ0v) is 17.0. The van der Waals surface area contributed by atoms with Gasteiger partial charge in [-0.2, -0.15) is 0 Å². The van der Waals surface area contributed by atoms with Crippen LogP contribution in [0, 0.1) is 5.92 Å². The van der Waals surface area contributed by atoms with Gasteiger partial charge < -0.3 is 18.1 Å². The molecule has 0 amide bonds. The van der Waals surface area contributed by atoms with Crippen molar-refractivity contribution in [2.45, 2.75) is 12.3 Å². The molecule has 1 fully saturated rings. The number of rotatable bonds is 8. The van der Waals surface area contributed by atoms with Crippen molar-refractivity contribution in [3.05, 3.63) is 71.8 Å². The minimum Gasteiger partial charge on any atom is -0.312 e. The summed E-state index contributed by atoms with van der Waals surface area (Å²) >= 11 is 0. The Kier molecular flexibility index (Phi) is 7.04. The highest BCUT2D eigenvalue weighted by atomic mass is 31.2. The standard InChI is InChI=1S/C19H24O6P2/c1-22-26(20,15-17-8-4-2-5-9-17)23-12-19-13-24-27(21,25-14-19)16-18-10-6-3-7-11-18/h2-11,19H,12-16H2,1H3. The van der Waals surface area contributed by atoms with Gasteiger partial charge >= 0.3 is 15.2 Å². The Bertz CT molecular complexity index is 799. The first-order valence-corrected chi connectivity index (χ1v) is 12.2. The molecule has 0 aliphatic carbocycles. The second kappa shape index (κ2) is 9.29. The highest BCUT2D eigenvalue weighted by Gasteiger charge is 2.34. The highest BCUT2D eigenvalue weighted by Crippen LogP contribution is 2.55. The van der Waals surface area contributed by atoms with Gasteiger partial charge in [0.25, 0.3) is 0 Å². The normalized spacial score (nSPS) is 25.0. The summed E-state index contributed by atoms with van der Waals surface area (Å²) in [5.74, 6) is -0.151. The smallest absolute Gasteiger partial charge is 0.312 e. The Balaban J connectivity index is 1.49. The number of benzene rings is 2. The zero-order valence-electron chi connectivity index (χ0n) is 15.2. The predicted molar refractivity (Wildman–Crippen MR) is 104 cm³/mol. The lowest BCUT2D eigenvalue weighted by Gasteiger charge is -2.29. The quantitative estimate of drug-likeness (QED) is 0.564. The summed E-state index contributed by atoms with van der Waals surface area (Å²) in [6, 6.07) is 18.9. The highest BCUT2D eigenvalue weighted by molar-refractivity contribution is 7.53. The second-order valence-corrected chi connectivity index (χ2v) is 10.7. The molecule has 1 heterocycles. The Morgan fingerprint density at radius 1 is 1.00 bits per heavy atom. The van der Waals surface area contributed by atoms with Crippen LogP contribution in [0.1, 0.15) is 11.1 Å². The maximum absolute atomic E-state index is 12.8. The zero-order chi connectivity index (χ0) is 19.2. The summed E-state index contributed by atoms with van der Waals surface area (Å²) < 4.78 is 47.2. The average molecular weight is 410 g/mol. The molecule has 0 saturated carbocycles. The van der Waals surface area contributed by atoms with Gasteiger partial charge in [-0.15, -0.1) is 0 Å². The largest absolute Gasteiger partial charge is 0.335 e. The van der Waals surface area contributed by atoms with Crippen molar-refractivity contribution >= 4 is 15.2 Å². The molecule has 27 heavy (non-hydrogen) atoms. The molecule has 0 aromatic heterocycles. The van der Waals surface area contributed by atoms with Gasteiger partial charge in [0.15, 0.2) is 0 Å². The van der Waals surface area contributed by atoms with E-state index < -0.39 is 15.2 Å². The van der Waals surface area contributed by atoms with Gasteiger partial charge in [-0.1, -0.05) is 60.7 Å². The molecule has 1 unspecified atom stereocenters. The first-order chi connectivity index (χ1) is 13.0. The van der Waals surface area contributed by atoms with Crippen LogP contribution in [-0.2, 0) is 39.5 Å². The Morgan fingerprint density at radius 2 is 1.56 bits per heavy atom. The fraction of sp³-hybridized carbons (Fsp3) is 0.368. The van der Waals surface area contributed by atoms with Crippen LogP contribution in [0.25, 0.3) is 0 Å². The summed E-state index contributed by atoms with van der Waals surface area (Å²) in [6.07, 6.45) is 0.442. The molecule has 1 saturated heterocycles. The minimum absolute atomic E-state index is 0.151. The van der Waals surface area contributed by atoms with E-state index in [1.807, 2.05) is 60.7 Å². The molecular weight excluding hydrogens is 386 g/mol. The lowest BCUT2D eigenvalue weighted by molar-refractivity contribution is 0.0600. The van der Waals surface area contributed by atoms with Crippen LogP contribution in [0.2, 0.25) is 0 Å². The Hall–Kier alpha value is -1.26. The van der Waals surface area contributed by atoms with E-state index in [0.717, 1.165) is 11.1 Å². The van der Waals surface area contributed by atoms with E-state index in [1.54, 1.807) is 0 Å². The fourth-order valence-corrected chi connectivity index (χ4v) is 5.92. The van der Waals surface area contributed by atoms with Gasteiger partial charge in [-0.05, 0) is 11.1 Å². The number of hydrogen-bond acceptors (Lipinski definition) is 6. The SMILES string of the molecule is COP(=O)(Cc1ccccc1)OCC1COP(=O)(Cc2ccccc2)OC1. The molecule has 1 aliphatic rings. The van der Waals surface area contributed by atoms with Crippen molar-refractivity contribution in [1.82, 2.24) is 0 Å². The van der Waals surface area contributed by atoms with Gasteiger partial charge in [0.05, 0.1) is 32.1 Å². The van der Waals surface area contributed by atoms with Crippen LogP contribution in [0.15, 0.2) is 60.7 Å². The fourth-order valence-electron chi connectivity index (χ4n) is 2.71. The van der Waals surface area contributed by atoms with Crippen LogP contribution >= 0.6 is 15.2 Å². The molecular formula is C19H24O6P2. The van der Waals surface area contributed by atoms with E-state index in [0.29, 0.717) is 0 Å². The third kappa shape index (κ3) is 6.11. The topological polar surface area (TPSA) is 71.1 Å². The van der Waals surface area contributed by atoms with Gasteiger partial charge in [-0.25, -0.2) is 0 Å². The van der Waals surface area contributed by atoms with Gasteiger partial charge in [0.1, 0.15) is 0 Å². The van der Waals surface area contributed by atoms with Crippen molar-refractivity contribution in [1.29, 1.82) is 0 Å². The van der Waals surface area contributed by atoms with Gasteiger partial charge in [0.2, 0.25) is 0 Å². The third-order valence-electron chi connectivity index (χ3n) is 4.24. The first-order valence-electron chi connectivity index (χ1n) is 8.76. The first kappa shape index (κ1) is 20.5. The molecule has 146 valence electrons. The monoisotopic (exact) mass is 410 g/mol. The van der Waals surface area contributed by atoms with Crippen molar-refractivity contribution in [3.63, 3.8) is 0 Å². The average Bonchev–Trinajstić information content (AvgIpc) is 2.69. The molecule has 0 radical (unpaired) electrons.